The number of nitriles is 1. The van der Waals surface area contributed by atoms with Gasteiger partial charge in [-0.25, -0.2) is 0 Å². The van der Waals surface area contributed by atoms with E-state index in [1.54, 1.807) is 0 Å². The van der Waals surface area contributed by atoms with Crippen LogP contribution >= 0.6 is 0 Å². The Hall–Kier alpha value is -1.29. The first-order chi connectivity index (χ1) is 9.85. The third-order valence-electron chi connectivity index (χ3n) is 3.44. The predicted octanol–water partition coefficient (Wildman–Crippen LogP) is 6.49. The first kappa shape index (κ1) is 18.7. The van der Waals surface area contributed by atoms with Crippen LogP contribution in [-0.2, 0) is 0 Å². The van der Waals surface area contributed by atoms with Crippen LogP contribution in [0.5, 0.6) is 0 Å². The molecule has 0 saturated carbocycles. The first-order valence-electron chi connectivity index (χ1n) is 8.24. The lowest BCUT2D eigenvalue weighted by molar-refractivity contribution is 0.566. The maximum atomic E-state index is 8.72. The van der Waals surface area contributed by atoms with Gasteiger partial charge in [0.05, 0.1) is 6.07 Å². The molecule has 112 valence electrons. The third-order valence-corrected chi connectivity index (χ3v) is 3.44. The normalized spacial score (nSPS) is 12.3. The Kier molecular flexibility index (Phi) is 14.7. The fourth-order valence-electron chi connectivity index (χ4n) is 2.10. The van der Waals surface area contributed by atoms with E-state index >= 15 is 0 Å². The summed E-state index contributed by atoms with van der Waals surface area (Å²) in [6.07, 6.45) is 23.4. The van der Waals surface area contributed by atoms with Crippen LogP contribution in [0.3, 0.4) is 0 Å². The molecule has 0 amide bonds. The van der Waals surface area contributed by atoms with E-state index in [1.807, 2.05) is 31.2 Å². The number of allylic oxidation sites excluding steroid dienone is 6. The summed E-state index contributed by atoms with van der Waals surface area (Å²) in [5.41, 5.74) is 0.720. The van der Waals surface area contributed by atoms with E-state index in [1.165, 1.54) is 57.8 Å². The summed E-state index contributed by atoms with van der Waals surface area (Å²) in [6, 6.07) is 2.14. The van der Waals surface area contributed by atoms with Crippen molar-refractivity contribution in [2.24, 2.45) is 0 Å². The second-order valence-electron chi connectivity index (χ2n) is 5.26. The molecule has 0 unspecified atom stereocenters. The van der Waals surface area contributed by atoms with E-state index in [2.05, 4.69) is 19.1 Å². The number of hydrogen-bond acceptors (Lipinski definition) is 1. The van der Waals surface area contributed by atoms with Crippen LogP contribution in [0.4, 0.5) is 0 Å². The maximum absolute atomic E-state index is 8.72. The van der Waals surface area contributed by atoms with Crippen molar-refractivity contribution in [2.75, 3.05) is 0 Å². The Morgan fingerprint density at radius 1 is 0.900 bits per heavy atom. The summed E-state index contributed by atoms with van der Waals surface area (Å²) in [5.74, 6) is 0. The molecule has 0 aromatic rings. The van der Waals surface area contributed by atoms with Crippen molar-refractivity contribution in [3.63, 3.8) is 0 Å². The highest BCUT2D eigenvalue weighted by Gasteiger charge is 1.91. The molecule has 0 atom stereocenters. The van der Waals surface area contributed by atoms with Gasteiger partial charge in [-0.1, -0.05) is 82.6 Å². The van der Waals surface area contributed by atoms with Gasteiger partial charge in [0.2, 0.25) is 0 Å². The lowest BCUT2D eigenvalue weighted by Crippen LogP contribution is -1.80. The third kappa shape index (κ3) is 13.1. The molecule has 0 aliphatic carbocycles. The summed E-state index contributed by atoms with van der Waals surface area (Å²) >= 11 is 0. The molecule has 0 saturated heterocycles. The fraction of sp³-hybridized carbons (Fsp3) is 0.632. The number of nitrogens with zero attached hydrogens (tertiary/aromatic N) is 1. The highest BCUT2D eigenvalue weighted by Crippen LogP contribution is 2.10. The van der Waals surface area contributed by atoms with E-state index in [4.69, 9.17) is 5.26 Å². The SMILES string of the molecule is C/C=C(C#N)/C=C/C=C/CCCCCCCCCCC. The molecule has 0 bridgehead atoms. The number of rotatable bonds is 12. The standard InChI is InChI=1S/C19H31N/c1-3-5-6-7-8-9-10-11-12-13-14-15-16-17-19(4-2)18-20/h4,14-17H,3,5-13H2,1-2H3/b15-14+,17-16+,19-4-. The monoisotopic (exact) mass is 273 g/mol. The van der Waals surface area contributed by atoms with Gasteiger partial charge >= 0.3 is 0 Å². The van der Waals surface area contributed by atoms with E-state index in [9.17, 15) is 0 Å². The molecule has 0 aromatic heterocycles. The van der Waals surface area contributed by atoms with Gasteiger partial charge in [0.25, 0.3) is 0 Å². The maximum Gasteiger partial charge on any atom is 0.0988 e. The fourth-order valence-corrected chi connectivity index (χ4v) is 2.10. The lowest BCUT2D eigenvalue weighted by atomic mass is 10.1. The minimum Gasteiger partial charge on any atom is -0.192 e. The van der Waals surface area contributed by atoms with Crippen LogP contribution < -0.4 is 0 Å². The minimum atomic E-state index is 0.720. The van der Waals surface area contributed by atoms with Crippen LogP contribution in [-0.4, -0.2) is 0 Å². The molecule has 0 heterocycles. The second kappa shape index (κ2) is 15.8. The van der Waals surface area contributed by atoms with Crippen molar-refractivity contribution in [3.8, 4) is 6.07 Å². The number of unbranched alkanes of at least 4 members (excludes halogenated alkanes) is 9. The second-order valence-corrected chi connectivity index (χ2v) is 5.26. The van der Waals surface area contributed by atoms with Crippen LogP contribution in [0.15, 0.2) is 36.0 Å². The largest absolute Gasteiger partial charge is 0.192 e. The molecule has 0 aliphatic rings. The predicted molar refractivity (Wildman–Crippen MR) is 89.5 cm³/mol. The van der Waals surface area contributed by atoms with Gasteiger partial charge < -0.3 is 0 Å². The Labute approximate surface area is 126 Å². The average molecular weight is 273 g/mol. The van der Waals surface area contributed by atoms with E-state index in [0.717, 1.165) is 12.0 Å². The van der Waals surface area contributed by atoms with E-state index < -0.39 is 0 Å². The summed E-state index contributed by atoms with van der Waals surface area (Å²) in [7, 11) is 0. The molecule has 1 heteroatoms. The Morgan fingerprint density at radius 2 is 1.50 bits per heavy atom. The van der Waals surface area contributed by atoms with Crippen LogP contribution in [0, 0.1) is 11.3 Å². The van der Waals surface area contributed by atoms with E-state index in [-0.39, 0.29) is 0 Å². The van der Waals surface area contributed by atoms with Crippen molar-refractivity contribution in [3.05, 3.63) is 36.0 Å². The van der Waals surface area contributed by atoms with Gasteiger partial charge in [-0.2, -0.15) is 5.26 Å². The van der Waals surface area contributed by atoms with Gasteiger partial charge in [-0.15, -0.1) is 0 Å². The zero-order valence-corrected chi connectivity index (χ0v) is 13.4. The molecule has 0 aromatic carbocycles. The molecule has 0 fully saturated rings. The quantitative estimate of drug-likeness (QED) is 0.226. The highest BCUT2D eigenvalue weighted by atomic mass is 14.2. The number of hydrogen-bond donors (Lipinski definition) is 0. The zero-order chi connectivity index (χ0) is 14.9. The summed E-state index contributed by atoms with van der Waals surface area (Å²) in [4.78, 5) is 0. The molecule has 0 aliphatic heterocycles. The minimum absolute atomic E-state index is 0.720. The Balaban J connectivity index is 3.34. The van der Waals surface area contributed by atoms with Crippen LogP contribution in [0.2, 0.25) is 0 Å². The lowest BCUT2D eigenvalue weighted by Gasteiger charge is -2.00. The summed E-state index contributed by atoms with van der Waals surface area (Å²) in [6.45, 7) is 4.15. The Morgan fingerprint density at radius 3 is 2.05 bits per heavy atom. The van der Waals surface area contributed by atoms with E-state index in [0.29, 0.717) is 0 Å². The van der Waals surface area contributed by atoms with Gasteiger partial charge in [0, 0.05) is 5.57 Å². The van der Waals surface area contributed by atoms with Crippen molar-refractivity contribution < 1.29 is 0 Å². The molecule has 0 N–H and O–H groups in total. The molecular formula is C19H31N. The topological polar surface area (TPSA) is 23.8 Å². The van der Waals surface area contributed by atoms with Crippen LogP contribution in [0.25, 0.3) is 0 Å². The van der Waals surface area contributed by atoms with Gasteiger partial charge in [0.15, 0.2) is 0 Å². The first-order valence-corrected chi connectivity index (χ1v) is 8.24. The smallest absolute Gasteiger partial charge is 0.0988 e. The highest BCUT2D eigenvalue weighted by molar-refractivity contribution is 5.33. The summed E-state index contributed by atoms with van der Waals surface area (Å²) < 4.78 is 0. The molecule has 0 spiro atoms. The average Bonchev–Trinajstić information content (AvgIpc) is 2.48. The molecule has 0 radical (unpaired) electrons. The zero-order valence-electron chi connectivity index (χ0n) is 13.4. The van der Waals surface area contributed by atoms with Crippen LogP contribution in [0.1, 0.15) is 78.1 Å². The summed E-state index contributed by atoms with van der Waals surface area (Å²) in [5, 5.41) is 8.72. The van der Waals surface area contributed by atoms with Gasteiger partial charge in [-0.05, 0) is 25.8 Å². The van der Waals surface area contributed by atoms with Gasteiger partial charge in [0.1, 0.15) is 0 Å². The molecule has 1 nitrogen and oxygen atoms in total. The van der Waals surface area contributed by atoms with Crippen molar-refractivity contribution in [2.45, 2.75) is 78.1 Å². The molecular weight excluding hydrogens is 242 g/mol. The molecule has 20 heavy (non-hydrogen) atoms. The molecule has 0 rings (SSSR count). The Bertz CT molecular complexity index is 328. The van der Waals surface area contributed by atoms with Gasteiger partial charge in [-0.3, -0.25) is 0 Å². The van der Waals surface area contributed by atoms with Crippen molar-refractivity contribution in [1.82, 2.24) is 0 Å². The van der Waals surface area contributed by atoms with Crippen molar-refractivity contribution >= 4 is 0 Å². The van der Waals surface area contributed by atoms with Crippen molar-refractivity contribution in [1.29, 1.82) is 5.26 Å².